The number of rotatable bonds is 7. The van der Waals surface area contributed by atoms with E-state index in [0.717, 1.165) is 22.6 Å². The van der Waals surface area contributed by atoms with Crippen molar-refractivity contribution >= 4 is 0 Å². The number of para-hydroxylation sites is 1. The maximum Gasteiger partial charge on any atom is 0.161 e. The van der Waals surface area contributed by atoms with Gasteiger partial charge in [0.1, 0.15) is 12.4 Å². The Labute approximate surface area is 125 Å². The highest BCUT2D eigenvalue weighted by Gasteiger charge is 2.08. The van der Waals surface area contributed by atoms with Crippen LogP contribution in [-0.4, -0.2) is 13.7 Å². The maximum absolute atomic E-state index is 5.87. The molecule has 4 heteroatoms. The van der Waals surface area contributed by atoms with Gasteiger partial charge in [-0.15, -0.1) is 0 Å². The van der Waals surface area contributed by atoms with Crippen LogP contribution in [0.25, 0.3) is 0 Å². The molecule has 21 heavy (non-hydrogen) atoms. The minimum absolute atomic E-state index is 0.423. The molecule has 0 aliphatic carbocycles. The third-order valence-electron chi connectivity index (χ3n) is 3.12. The highest BCUT2D eigenvalue weighted by Crippen LogP contribution is 2.30. The molecule has 0 radical (unpaired) electrons. The molecule has 0 aliphatic heterocycles. The van der Waals surface area contributed by atoms with Crippen molar-refractivity contribution in [3.8, 4) is 17.2 Å². The van der Waals surface area contributed by atoms with Gasteiger partial charge < -0.3 is 19.9 Å². The first kappa shape index (κ1) is 15.2. The standard InChI is InChI=1S/C17H21NO3/c1-3-20-17-10-13(11-18)8-9-16(17)21-12-14-6-4-5-7-15(14)19-2/h4-10H,3,11-12,18H2,1-2H3. The molecule has 0 aromatic heterocycles. The van der Waals surface area contributed by atoms with Gasteiger partial charge in [0, 0.05) is 12.1 Å². The lowest BCUT2D eigenvalue weighted by atomic mass is 10.2. The van der Waals surface area contributed by atoms with E-state index in [1.165, 1.54) is 0 Å². The van der Waals surface area contributed by atoms with Gasteiger partial charge in [0.15, 0.2) is 11.5 Å². The van der Waals surface area contributed by atoms with Crippen molar-refractivity contribution in [2.45, 2.75) is 20.1 Å². The van der Waals surface area contributed by atoms with Crippen molar-refractivity contribution in [2.24, 2.45) is 5.73 Å². The van der Waals surface area contributed by atoms with Crippen LogP contribution in [0.4, 0.5) is 0 Å². The smallest absolute Gasteiger partial charge is 0.161 e. The Balaban J connectivity index is 2.15. The van der Waals surface area contributed by atoms with E-state index in [1.54, 1.807) is 7.11 Å². The van der Waals surface area contributed by atoms with E-state index >= 15 is 0 Å². The van der Waals surface area contributed by atoms with Gasteiger partial charge in [-0.25, -0.2) is 0 Å². The molecular weight excluding hydrogens is 266 g/mol. The zero-order valence-electron chi connectivity index (χ0n) is 12.5. The fraction of sp³-hybridized carbons (Fsp3) is 0.294. The maximum atomic E-state index is 5.87. The Hall–Kier alpha value is -2.20. The van der Waals surface area contributed by atoms with Crippen LogP contribution in [0.15, 0.2) is 42.5 Å². The summed E-state index contributed by atoms with van der Waals surface area (Å²) >= 11 is 0. The number of hydrogen-bond donors (Lipinski definition) is 1. The molecule has 112 valence electrons. The largest absolute Gasteiger partial charge is 0.496 e. The lowest BCUT2D eigenvalue weighted by molar-refractivity contribution is 0.264. The van der Waals surface area contributed by atoms with E-state index < -0.39 is 0 Å². The molecule has 0 fully saturated rings. The van der Waals surface area contributed by atoms with Crippen LogP contribution < -0.4 is 19.9 Å². The van der Waals surface area contributed by atoms with Crippen molar-refractivity contribution in [3.05, 3.63) is 53.6 Å². The molecule has 2 rings (SSSR count). The molecule has 0 saturated heterocycles. The van der Waals surface area contributed by atoms with Gasteiger partial charge in [-0.1, -0.05) is 24.3 Å². The van der Waals surface area contributed by atoms with Crippen LogP contribution in [-0.2, 0) is 13.2 Å². The summed E-state index contributed by atoms with van der Waals surface area (Å²) in [5, 5.41) is 0. The summed E-state index contributed by atoms with van der Waals surface area (Å²) in [6, 6.07) is 13.5. The van der Waals surface area contributed by atoms with E-state index in [2.05, 4.69) is 0 Å². The molecule has 0 saturated carbocycles. The molecule has 0 unspecified atom stereocenters. The molecule has 4 nitrogen and oxygen atoms in total. The van der Waals surface area contributed by atoms with Crippen molar-refractivity contribution in [3.63, 3.8) is 0 Å². The summed E-state index contributed by atoms with van der Waals surface area (Å²) in [7, 11) is 1.65. The fourth-order valence-corrected chi connectivity index (χ4v) is 2.04. The second-order valence-electron chi connectivity index (χ2n) is 4.52. The van der Waals surface area contributed by atoms with Gasteiger partial charge in [0.2, 0.25) is 0 Å². The first-order chi connectivity index (χ1) is 10.3. The number of ether oxygens (including phenoxy) is 3. The zero-order chi connectivity index (χ0) is 15.1. The molecule has 2 aromatic carbocycles. The zero-order valence-corrected chi connectivity index (χ0v) is 12.5. The topological polar surface area (TPSA) is 53.7 Å². The van der Waals surface area contributed by atoms with Gasteiger partial charge in [0.25, 0.3) is 0 Å². The van der Waals surface area contributed by atoms with Crippen LogP contribution in [0.5, 0.6) is 17.2 Å². The van der Waals surface area contributed by atoms with Crippen molar-refractivity contribution < 1.29 is 14.2 Å². The number of benzene rings is 2. The Bertz CT molecular complexity index is 584. The number of hydrogen-bond acceptors (Lipinski definition) is 4. The van der Waals surface area contributed by atoms with E-state index in [-0.39, 0.29) is 0 Å². The van der Waals surface area contributed by atoms with E-state index in [4.69, 9.17) is 19.9 Å². The SMILES string of the molecule is CCOc1cc(CN)ccc1OCc1ccccc1OC. The van der Waals surface area contributed by atoms with Crippen LogP contribution >= 0.6 is 0 Å². The summed E-state index contributed by atoms with van der Waals surface area (Å²) in [5.74, 6) is 2.24. The summed E-state index contributed by atoms with van der Waals surface area (Å²) in [4.78, 5) is 0. The van der Waals surface area contributed by atoms with Crippen LogP contribution in [0.3, 0.4) is 0 Å². The Morgan fingerprint density at radius 2 is 1.76 bits per heavy atom. The highest BCUT2D eigenvalue weighted by atomic mass is 16.5. The monoisotopic (exact) mass is 287 g/mol. The number of nitrogens with two attached hydrogens (primary N) is 1. The summed E-state index contributed by atoms with van der Waals surface area (Å²) in [6.45, 7) is 3.43. The van der Waals surface area contributed by atoms with Crippen molar-refractivity contribution in [1.82, 2.24) is 0 Å². The van der Waals surface area contributed by atoms with Crippen LogP contribution in [0, 0.1) is 0 Å². The van der Waals surface area contributed by atoms with Crippen molar-refractivity contribution in [2.75, 3.05) is 13.7 Å². The second-order valence-corrected chi connectivity index (χ2v) is 4.52. The fourth-order valence-electron chi connectivity index (χ4n) is 2.04. The van der Waals surface area contributed by atoms with Gasteiger partial charge in [-0.3, -0.25) is 0 Å². The molecule has 0 amide bonds. The molecule has 2 aromatic rings. The first-order valence-corrected chi connectivity index (χ1v) is 6.99. The molecular formula is C17H21NO3. The molecule has 0 bridgehead atoms. The summed E-state index contributed by atoms with van der Waals surface area (Å²) in [6.07, 6.45) is 0. The predicted octanol–water partition coefficient (Wildman–Crippen LogP) is 3.13. The van der Waals surface area contributed by atoms with Crippen LogP contribution in [0.1, 0.15) is 18.1 Å². The highest BCUT2D eigenvalue weighted by molar-refractivity contribution is 5.43. The minimum atomic E-state index is 0.423. The molecule has 0 heterocycles. The summed E-state index contributed by atoms with van der Waals surface area (Å²) in [5.41, 5.74) is 7.66. The Kier molecular flexibility index (Phi) is 5.46. The molecule has 0 aliphatic rings. The average Bonchev–Trinajstić information content (AvgIpc) is 2.54. The van der Waals surface area contributed by atoms with E-state index in [0.29, 0.717) is 25.5 Å². The van der Waals surface area contributed by atoms with Gasteiger partial charge in [0.05, 0.1) is 13.7 Å². The average molecular weight is 287 g/mol. The first-order valence-electron chi connectivity index (χ1n) is 6.99. The Morgan fingerprint density at radius 3 is 2.48 bits per heavy atom. The Morgan fingerprint density at radius 1 is 0.952 bits per heavy atom. The van der Waals surface area contributed by atoms with E-state index in [1.807, 2.05) is 49.4 Å². The lowest BCUT2D eigenvalue weighted by Gasteiger charge is -2.14. The summed E-state index contributed by atoms with van der Waals surface area (Å²) < 4.78 is 16.8. The van der Waals surface area contributed by atoms with E-state index in [9.17, 15) is 0 Å². The lowest BCUT2D eigenvalue weighted by Crippen LogP contribution is -2.03. The second kappa shape index (κ2) is 7.55. The van der Waals surface area contributed by atoms with Crippen LogP contribution in [0.2, 0.25) is 0 Å². The van der Waals surface area contributed by atoms with Gasteiger partial charge in [-0.2, -0.15) is 0 Å². The predicted molar refractivity (Wildman–Crippen MR) is 82.8 cm³/mol. The van der Waals surface area contributed by atoms with Gasteiger partial charge in [-0.05, 0) is 30.7 Å². The van der Waals surface area contributed by atoms with Crippen molar-refractivity contribution in [1.29, 1.82) is 0 Å². The molecule has 0 spiro atoms. The molecule has 0 atom stereocenters. The van der Waals surface area contributed by atoms with Gasteiger partial charge >= 0.3 is 0 Å². The minimum Gasteiger partial charge on any atom is -0.496 e. The third-order valence-corrected chi connectivity index (χ3v) is 3.12. The molecule has 2 N–H and O–H groups in total. The number of methoxy groups -OCH3 is 1. The quantitative estimate of drug-likeness (QED) is 0.850. The normalized spacial score (nSPS) is 10.2. The third kappa shape index (κ3) is 3.89.